The summed E-state index contributed by atoms with van der Waals surface area (Å²) in [5.74, 6) is 98.3. The predicted octanol–water partition coefficient (Wildman–Crippen LogP) is 12.3. The lowest BCUT2D eigenvalue weighted by atomic mass is 10.4. The van der Waals surface area contributed by atoms with E-state index in [9.17, 15) is 0 Å². The number of hydrogen-bond donors (Lipinski definition) is 0. The Bertz CT molecular complexity index is 3040. The van der Waals surface area contributed by atoms with Crippen LogP contribution in [0.5, 0.6) is 0 Å². The molecule has 0 aliphatic carbocycles. The van der Waals surface area contributed by atoms with Crippen molar-refractivity contribution in [2.24, 2.45) is 7.05 Å². The van der Waals surface area contributed by atoms with Gasteiger partial charge >= 0.3 is 0 Å². The molecule has 0 aromatic carbocycles. The number of nitrogens with zero attached hydrogens (tertiary/aromatic N) is 4. The van der Waals surface area contributed by atoms with Crippen molar-refractivity contribution in [3.8, 4) is 262 Å². The van der Waals surface area contributed by atoms with E-state index in [1.807, 2.05) is 29.8 Å². The normalized spacial score (nSPS) is 6.64. The van der Waals surface area contributed by atoms with Gasteiger partial charge in [0, 0.05) is 195 Å². The quantitative estimate of drug-likeness (QED) is 0.191. The zero-order chi connectivity index (χ0) is 40.7. The Morgan fingerprint density at radius 2 is 0.672 bits per heavy atom. The molecule has 0 N–H and O–H groups in total. The highest BCUT2D eigenvalue weighted by molar-refractivity contribution is 14.0. The van der Waals surface area contributed by atoms with E-state index in [0.717, 1.165) is 19.8 Å². The van der Waals surface area contributed by atoms with Crippen LogP contribution in [0, 0.1) is 262 Å². The van der Waals surface area contributed by atoms with Crippen molar-refractivity contribution in [2.75, 3.05) is 26.8 Å². The minimum atomic E-state index is 0. The molecule has 0 unspecified atom stereocenters. The largest absolute Gasteiger partial charge is 0.341 e. The molecule has 1 aliphatic rings. The highest BCUT2D eigenvalue weighted by Gasteiger charge is 2.11. The first-order chi connectivity index (χ1) is 27.6. The Kier molecular flexibility index (Phi) is 41.5. The minimum absolute atomic E-state index is 0. The van der Waals surface area contributed by atoms with Gasteiger partial charge in [-0.2, -0.15) is 0 Å². The monoisotopic (exact) mass is 993 g/mol. The Labute approximate surface area is 436 Å². The van der Waals surface area contributed by atoms with Gasteiger partial charge in [0.1, 0.15) is 0 Å². The number of terminal acetylenes is 3. The van der Waals surface area contributed by atoms with Gasteiger partial charge in [-0.3, -0.25) is 4.90 Å². The summed E-state index contributed by atoms with van der Waals surface area (Å²) < 4.78 is 1.89. The van der Waals surface area contributed by atoms with Crippen LogP contribution in [0.3, 0.4) is 0 Å². The molecule has 0 radical (unpaired) electrons. The molecule has 1 fully saturated rings. The first-order valence-electron chi connectivity index (χ1n) is 14.9. The van der Waals surface area contributed by atoms with Crippen LogP contribution in [-0.2, 0) is 7.05 Å². The Hall–Kier alpha value is -9.50. The molecule has 1 saturated heterocycles. The zero-order valence-electron chi connectivity index (χ0n) is 30.7. The molecule has 58 heavy (non-hydrogen) atoms. The number of halogens is 2. The van der Waals surface area contributed by atoms with E-state index in [1.165, 1.54) is 0 Å². The summed E-state index contributed by atoms with van der Waals surface area (Å²) in [5, 5.41) is 0. The molecule has 4 nitrogen and oxygen atoms in total. The summed E-state index contributed by atoms with van der Waals surface area (Å²) in [6.07, 6.45) is 20.1. The highest BCUT2D eigenvalue weighted by atomic mass is 127. The Morgan fingerprint density at radius 3 is 0.845 bits per heavy atom. The van der Waals surface area contributed by atoms with E-state index < -0.39 is 0 Å². The third-order valence-electron chi connectivity index (χ3n) is 4.42. The highest BCUT2D eigenvalue weighted by Crippen LogP contribution is 1.98. The number of imidazole rings is 1. The fourth-order valence-corrected chi connectivity index (χ4v) is 2.39. The van der Waals surface area contributed by atoms with Gasteiger partial charge in [-0.1, -0.05) is 0 Å². The second-order valence-electron chi connectivity index (χ2n) is 8.38. The predicted molar refractivity (Wildman–Crippen MR) is 338 cm³/mol. The SMILES string of the molecule is Br.C#CC#CC#CC#CC#CC#CC#CC#CC#CC#CC#C.C#CC#CC#CC#CC#CC#CC#CC#CC#CC#CC#CN1CCN(C)C1.Cn1ccnc1.I.[HH].[HH].[HH].[HH].[HH].[HH].[HH].[HH].[HH].[HH].[HH].[HH].[HH].[HH].[HH].[HH].[HH].[HH].[HH].[HH].[HH].[HH].[HH].[HH].[HH].[HH].[HH].[HH].[HH].[HH].[HH].[HH].[HH].[HH].[HH].[HH].[HH].[HH].[HH].[HH].[HH].[HH].[HH]. The van der Waals surface area contributed by atoms with Crippen LogP contribution in [0.4, 0.5) is 0 Å². The molecule has 348 valence electrons. The van der Waals surface area contributed by atoms with Crippen LogP contribution in [0.25, 0.3) is 0 Å². The van der Waals surface area contributed by atoms with Gasteiger partial charge in [0.2, 0.25) is 0 Å². The van der Waals surface area contributed by atoms with Gasteiger partial charge < -0.3 is 9.47 Å². The lowest BCUT2D eigenvalue weighted by Crippen LogP contribution is -2.17. The summed E-state index contributed by atoms with van der Waals surface area (Å²) >= 11 is 0. The van der Waals surface area contributed by atoms with Crippen LogP contribution in [-0.4, -0.2) is 46.2 Å². The number of aryl methyl sites for hydroxylation is 1. The molecule has 0 atom stereocenters. The van der Waals surface area contributed by atoms with Gasteiger partial charge in [-0.15, -0.1) is 60.2 Å². The summed E-state index contributed by atoms with van der Waals surface area (Å²) in [6.45, 7) is 2.79. The molecule has 2 rings (SSSR count). The standard InChI is InChI=1S/C26H10N2.C22H2.C4H6N2.BrH.HI.43H2/c1-3-4-5-6-7-8-9-10-11-12-13-14-15-16-17-18-19-20-21-22-23-28-25-24-27(2)26-28;1-3-5-7-9-11-13-15-17-19-21-22-20-18-16-14-12-10-8-6-4-2;1-6-3-2-5-4-6;;;;;;;;;;;;;;;;;;;;;;;;;;;;;;;;;;;;;;;;;;;;;/h1H,24-26H2,2H3;1-2H;2-4H,1H3;45*1H. The Morgan fingerprint density at radius 1 is 0.414 bits per heavy atom. The molecular weight excluding hydrogens is 887 g/mol. The second-order valence-corrected chi connectivity index (χ2v) is 8.38. The molecule has 1 aromatic heterocycles. The molecule has 0 spiro atoms. The van der Waals surface area contributed by atoms with E-state index in [-0.39, 0.29) is 102 Å². The fraction of sp³-hybridized carbons (Fsp3) is 0.0962. The first kappa shape index (κ1) is 52.9. The maximum Gasteiger partial charge on any atom is 0.0943 e. The molecule has 0 bridgehead atoms. The van der Waals surface area contributed by atoms with Crippen molar-refractivity contribution in [3.05, 3.63) is 18.7 Å². The van der Waals surface area contributed by atoms with E-state index in [2.05, 4.69) is 253 Å². The van der Waals surface area contributed by atoms with Crippen molar-refractivity contribution in [1.29, 1.82) is 0 Å². The van der Waals surface area contributed by atoms with Crippen LogP contribution in [0.15, 0.2) is 18.7 Å². The average Bonchev–Trinajstić information content (AvgIpc) is 3.87. The van der Waals surface area contributed by atoms with Crippen molar-refractivity contribution < 1.29 is 61.3 Å². The van der Waals surface area contributed by atoms with Crippen molar-refractivity contribution >= 4 is 41.0 Å². The summed E-state index contributed by atoms with van der Waals surface area (Å²) in [6, 6.07) is 2.96. The summed E-state index contributed by atoms with van der Waals surface area (Å²) in [4.78, 5) is 7.97. The van der Waals surface area contributed by atoms with Gasteiger partial charge in [0.05, 0.1) is 13.0 Å². The van der Waals surface area contributed by atoms with E-state index in [0.29, 0.717) is 0 Å². The topological polar surface area (TPSA) is 24.3 Å². The molecule has 2 heterocycles. The first-order valence-corrected chi connectivity index (χ1v) is 14.9. The summed E-state index contributed by atoms with van der Waals surface area (Å²) in [5.41, 5.74) is 0. The lowest BCUT2D eigenvalue weighted by molar-refractivity contribution is 0.351. The van der Waals surface area contributed by atoms with E-state index in [4.69, 9.17) is 19.3 Å². The molecule has 0 saturated carbocycles. The van der Waals surface area contributed by atoms with E-state index >= 15 is 0 Å². The van der Waals surface area contributed by atoms with Crippen LogP contribution in [0.2, 0.25) is 0 Å². The van der Waals surface area contributed by atoms with Gasteiger partial charge in [-0.25, -0.2) is 4.98 Å². The average molecular weight is 994 g/mol. The van der Waals surface area contributed by atoms with E-state index in [1.54, 1.807) is 12.5 Å². The molecule has 6 heteroatoms. The number of rotatable bonds is 0. The van der Waals surface area contributed by atoms with Gasteiger partial charge in [0.25, 0.3) is 0 Å². The smallest absolute Gasteiger partial charge is 0.0943 e. The number of likely N-dealkylation sites (N-methyl/N-ethyl adjacent to an activating group) is 1. The van der Waals surface area contributed by atoms with Crippen LogP contribution < -0.4 is 0 Å². The van der Waals surface area contributed by atoms with Crippen molar-refractivity contribution in [3.63, 3.8) is 0 Å². The van der Waals surface area contributed by atoms with Gasteiger partial charge in [0.15, 0.2) is 0 Å². The van der Waals surface area contributed by atoms with Crippen molar-refractivity contribution in [2.45, 2.75) is 0 Å². The maximum absolute atomic E-state index is 4.92. The molecule has 1 aromatic rings. The maximum atomic E-state index is 4.92. The molecular formula is C52H106BrIN4. The second kappa shape index (κ2) is 45.5. The fourth-order valence-electron chi connectivity index (χ4n) is 2.39. The van der Waals surface area contributed by atoms with Crippen LogP contribution >= 0.6 is 41.0 Å². The minimum Gasteiger partial charge on any atom is -0.341 e. The lowest BCUT2D eigenvalue weighted by Gasteiger charge is -2.07. The number of hydrogen-bond acceptors (Lipinski definition) is 3. The summed E-state index contributed by atoms with van der Waals surface area (Å²) in [7, 11) is 3.99. The molecule has 0 amide bonds. The van der Waals surface area contributed by atoms with Crippen molar-refractivity contribution in [1.82, 2.24) is 19.4 Å². The third kappa shape index (κ3) is 42.7. The third-order valence-corrected chi connectivity index (χ3v) is 4.42. The molecule has 1 aliphatic heterocycles. The Balaban J connectivity index is -0.00000000891. The van der Waals surface area contributed by atoms with Gasteiger partial charge in [-0.05, 0) is 149 Å². The van der Waals surface area contributed by atoms with Crippen LogP contribution in [0.1, 0.15) is 61.3 Å². The number of aromatic nitrogens is 2. The zero-order valence-corrected chi connectivity index (χ0v) is 34.7.